The molecule has 1 aliphatic rings. The van der Waals surface area contributed by atoms with Gasteiger partial charge in [-0.2, -0.15) is 13.2 Å². The van der Waals surface area contributed by atoms with Crippen LogP contribution in [0.1, 0.15) is 20.8 Å². The number of amides is 1. The highest BCUT2D eigenvalue weighted by molar-refractivity contribution is 7.17. The second-order valence-electron chi connectivity index (χ2n) is 6.77. The molecule has 4 nitrogen and oxygen atoms in total. The molecule has 3 aromatic rings. The molecule has 10 heteroatoms. The van der Waals surface area contributed by atoms with E-state index in [1.807, 2.05) is 4.90 Å². The Morgan fingerprint density at radius 3 is 2.73 bits per heavy atom. The number of hydrogen-bond donors (Lipinski definition) is 1. The zero-order chi connectivity index (χ0) is 21.6. The fourth-order valence-electron chi connectivity index (χ4n) is 3.29. The number of aromatic nitrogens is 1. The topological polar surface area (TPSA) is 45.2 Å². The van der Waals surface area contributed by atoms with Gasteiger partial charge >= 0.3 is 6.18 Å². The van der Waals surface area contributed by atoms with Gasteiger partial charge in [0.25, 0.3) is 5.91 Å². The van der Waals surface area contributed by atoms with Crippen molar-refractivity contribution in [2.24, 2.45) is 0 Å². The van der Waals surface area contributed by atoms with Crippen LogP contribution in [-0.2, 0) is 12.6 Å². The van der Waals surface area contributed by atoms with Crippen molar-refractivity contribution in [1.29, 1.82) is 0 Å². The highest BCUT2D eigenvalue weighted by Gasteiger charge is 2.35. The zero-order valence-electron chi connectivity index (χ0n) is 15.5. The number of rotatable bonds is 2. The first-order valence-electron chi connectivity index (χ1n) is 8.82. The van der Waals surface area contributed by atoms with Crippen molar-refractivity contribution in [2.75, 3.05) is 23.8 Å². The number of hydrogen-bond acceptors (Lipinski definition) is 4. The summed E-state index contributed by atoms with van der Waals surface area (Å²) in [7, 11) is 1.79. The molecule has 1 aliphatic heterocycles. The lowest BCUT2D eigenvalue weighted by atomic mass is 10.1. The number of alkyl halides is 3. The fourth-order valence-corrected chi connectivity index (χ4v) is 4.40. The second kappa shape index (κ2) is 7.35. The summed E-state index contributed by atoms with van der Waals surface area (Å²) in [5.41, 5.74) is -0.384. The van der Waals surface area contributed by atoms with Gasteiger partial charge in [-0.25, -0.2) is 8.78 Å². The first kappa shape index (κ1) is 20.3. The zero-order valence-corrected chi connectivity index (χ0v) is 16.3. The highest BCUT2D eigenvalue weighted by atomic mass is 32.1. The Balaban J connectivity index is 1.72. The molecular weight excluding hydrogens is 425 g/mol. The Morgan fingerprint density at radius 1 is 1.23 bits per heavy atom. The predicted molar refractivity (Wildman–Crippen MR) is 104 cm³/mol. The van der Waals surface area contributed by atoms with Crippen LogP contribution in [0.4, 0.5) is 33.3 Å². The van der Waals surface area contributed by atoms with E-state index >= 15 is 0 Å². The number of fused-ring (bicyclic) bond motifs is 3. The van der Waals surface area contributed by atoms with Crippen LogP contribution in [0.25, 0.3) is 10.6 Å². The summed E-state index contributed by atoms with van der Waals surface area (Å²) < 4.78 is 67.3. The largest absolute Gasteiger partial charge is 0.418 e. The van der Waals surface area contributed by atoms with Gasteiger partial charge in [0.2, 0.25) is 0 Å². The summed E-state index contributed by atoms with van der Waals surface area (Å²) in [4.78, 5) is 19.4. The van der Waals surface area contributed by atoms with Crippen LogP contribution in [-0.4, -0.2) is 24.5 Å². The van der Waals surface area contributed by atoms with Gasteiger partial charge in [0.1, 0.15) is 17.3 Å². The molecule has 2 aromatic heterocycles. The molecule has 3 heterocycles. The van der Waals surface area contributed by atoms with E-state index < -0.39 is 35.0 Å². The summed E-state index contributed by atoms with van der Waals surface area (Å²) in [5.74, 6) is -2.54. The number of thiophene rings is 1. The lowest BCUT2D eigenvalue weighted by molar-refractivity contribution is -0.137. The molecule has 156 valence electrons. The number of halogens is 5. The number of carbonyl (C=O) groups is 1. The third kappa shape index (κ3) is 3.62. The second-order valence-corrected chi connectivity index (χ2v) is 7.82. The van der Waals surface area contributed by atoms with Crippen molar-refractivity contribution in [2.45, 2.75) is 12.6 Å². The molecule has 0 radical (unpaired) electrons. The molecule has 0 fully saturated rings. The van der Waals surface area contributed by atoms with Crippen molar-refractivity contribution in [1.82, 2.24) is 4.98 Å². The Hall–Kier alpha value is -3.01. The minimum absolute atomic E-state index is 0.109. The Kier molecular flexibility index (Phi) is 4.97. The third-order valence-electron chi connectivity index (χ3n) is 4.77. The number of nitrogens with zero attached hydrogens (tertiary/aromatic N) is 2. The van der Waals surface area contributed by atoms with Gasteiger partial charge < -0.3 is 10.2 Å². The molecule has 0 atom stereocenters. The van der Waals surface area contributed by atoms with E-state index in [-0.39, 0.29) is 4.88 Å². The van der Waals surface area contributed by atoms with Crippen molar-refractivity contribution < 1.29 is 26.7 Å². The van der Waals surface area contributed by atoms with Gasteiger partial charge in [0.05, 0.1) is 32.9 Å². The predicted octanol–water partition coefficient (Wildman–Crippen LogP) is 5.35. The lowest BCUT2D eigenvalue weighted by Crippen LogP contribution is -2.19. The fraction of sp³-hybridized carbons (Fsp3) is 0.200. The van der Waals surface area contributed by atoms with Crippen LogP contribution in [0.3, 0.4) is 0 Å². The normalized spacial score (nSPS) is 13.5. The number of likely N-dealkylation sites (N-methyl/N-ethyl adjacent to an activating group) is 1. The van der Waals surface area contributed by atoms with E-state index in [1.165, 1.54) is 6.07 Å². The molecule has 1 aromatic carbocycles. The van der Waals surface area contributed by atoms with Crippen LogP contribution in [0.15, 0.2) is 36.5 Å². The molecular formula is C20H14F5N3OS. The van der Waals surface area contributed by atoms with E-state index in [9.17, 15) is 26.7 Å². The van der Waals surface area contributed by atoms with Gasteiger partial charge in [-0.3, -0.25) is 9.78 Å². The summed E-state index contributed by atoms with van der Waals surface area (Å²) in [6.45, 7) is 0.536. The van der Waals surface area contributed by atoms with Gasteiger partial charge in [0, 0.05) is 19.7 Å². The van der Waals surface area contributed by atoms with Crippen LogP contribution >= 0.6 is 11.3 Å². The average molecular weight is 439 g/mol. The quantitative estimate of drug-likeness (QED) is 0.548. The number of benzene rings is 1. The van der Waals surface area contributed by atoms with Crippen LogP contribution in [0.5, 0.6) is 0 Å². The number of para-hydroxylation sites is 1. The molecule has 0 spiro atoms. The summed E-state index contributed by atoms with van der Waals surface area (Å²) in [5, 5.41) is 2.05. The number of anilines is 2. The molecule has 0 unspecified atom stereocenters. The first-order chi connectivity index (χ1) is 14.1. The molecule has 0 aliphatic carbocycles. The molecule has 4 rings (SSSR count). The van der Waals surface area contributed by atoms with Crippen LogP contribution in [0.2, 0.25) is 0 Å². The lowest BCUT2D eigenvalue weighted by Gasteiger charge is -2.18. The Morgan fingerprint density at radius 2 is 2.00 bits per heavy atom. The highest BCUT2D eigenvalue weighted by Crippen LogP contribution is 2.41. The minimum atomic E-state index is -4.82. The SMILES string of the molecule is CN1CCc2cc(C(=O)Nc3c(F)cccc3C(F)(F)F)sc2-c2ncc(F)cc21. The van der Waals surface area contributed by atoms with Gasteiger partial charge in [-0.05, 0) is 30.2 Å². The summed E-state index contributed by atoms with van der Waals surface area (Å²) in [6.07, 6.45) is -3.23. The molecule has 1 amide bonds. The van der Waals surface area contributed by atoms with Crippen molar-refractivity contribution in [3.63, 3.8) is 0 Å². The number of pyridine rings is 1. The van der Waals surface area contributed by atoms with Crippen molar-refractivity contribution >= 4 is 28.6 Å². The Labute approximate surface area is 172 Å². The smallest absolute Gasteiger partial charge is 0.372 e. The van der Waals surface area contributed by atoms with E-state index in [0.717, 1.165) is 35.2 Å². The van der Waals surface area contributed by atoms with Gasteiger partial charge in [-0.15, -0.1) is 11.3 Å². The number of carbonyl (C=O) groups excluding carboxylic acids is 1. The van der Waals surface area contributed by atoms with Gasteiger partial charge in [0.15, 0.2) is 0 Å². The van der Waals surface area contributed by atoms with E-state index in [4.69, 9.17) is 0 Å². The van der Waals surface area contributed by atoms with E-state index in [0.29, 0.717) is 35.3 Å². The number of nitrogens with one attached hydrogen (secondary N) is 1. The standard InChI is InChI=1S/C20H14F5N3OS/c1-28-6-5-10-7-15(30-18(10)17-14(28)8-11(21)9-26-17)19(29)27-16-12(20(23,24)25)3-2-4-13(16)22/h2-4,7-9H,5-6H2,1H3,(H,27,29). The molecule has 1 N–H and O–H groups in total. The van der Waals surface area contributed by atoms with E-state index in [2.05, 4.69) is 10.3 Å². The minimum Gasteiger partial charge on any atom is -0.372 e. The first-order valence-corrected chi connectivity index (χ1v) is 9.63. The monoisotopic (exact) mass is 439 g/mol. The molecule has 0 bridgehead atoms. The Bertz CT molecular complexity index is 1140. The summed E-state index contributed by atoms with van der Waals surface area (Å²) >= 11 is 1.02. The van der Waals surface area contributed by atoms with E-state index in [1.54, 1.807) is 13.1 Å². The third-order valence-corrected chi connectivity index (χ3v) is 5.95. The van der Waals surface area contributed by atoms with Crippen molar-refractivity contribution in [3.05, 3.63) is 64.2 Å². The van der Waals surface area contributed by atoms with Crippen LogP contribution in [0, 0.1) is 11.6 Å². The van der Waals surface area contributed by atoms with Crippen LogP contribution < -0.4 is 10.2 Å². The molecule has 0 saturated carbocycles. The van der Waals surface area contributed by atoms with Crippen molar-refractivity contribution in [3.8, 4) is 10.6 Å². The summed E-state index contributed by atoms with van der Waals surface area (Å²) in [6, 6.07) is 5.37. The maximum Gasteiger partial charge on any atom is 0.418 e. The average Bonchev–Trinajstić information content (AvgIpc) is 3.06. The maximum atomic E-state index is 14.1. The van der Waals surface area contributed by atoms with Gasteiger partial charge in [-0.1, -0.05) is 6.07 Å². The molecule has 30 heavy (non-hydrogen) atoms. The maximum absolute atomic E-state index is 14.1. The molecule has 0 saturated heterocycles.